The summed E-state index contributed by atoms with van der Waals surface area (Å²) in [6.45, 7) is 6.62. The Labute approximate surface area is 202 Å². The Balaban J connectivity index is 1.72. The van der Waals surface area contributed by atoms with Gasteiger partial charge in [0.2, 0.25) is 0 Å². The van der Waals surface area contributed by atoms with Crippen molar-refractivity contribution in [3.8, 4) is 5.69 Å². The Kier molecular flexibility index (Phi) is 6.70. The number of nitrogens with two attached hydrogens (primary N) is 1. The number of nitrogens with one attached hydrogen (secondary N) is 1. The highest BCUT2D eigenvalue weighted by molar-refractivity contribution is 6.07. The van der Waals surface area contributed by atoms with Crippen LogP contribution in [0.25, 0.3) is 5.69 Å². The number of methoxy groups -OCH3 is 1. The summed E-state index contributed by atoms with van der Waals surface area (Å²) in [6.07, 6.45) is 1.45. The van der Waals surface area contributed by atoms with E-state index in [2.05, 4.69) is 32.5 Å². The van der Waals surface area contributed by atoms with Crippen molar-refractivity contribution in [1.82, 2.24) is 19.9 Å². The molecule has 3 aromatic rings. The van der Waals surface area contributed by atoms with Crippen molar-refractivity contribution in [2.75, 3.05) is 56.3 Å². The Morgan fingerprint density at radius 2 is 1.83 bits per heavy atom. The number of aromatic nitrogens is 3. The van der Waals surface area contributed by atoms with Gasteiger partial charge in [0.15, 0.2) is 5.69 Å². The van der Waals surface area contributed by atoms with E-state index in [4.69, 9.17) is 10.5 Å². The van der Waals surface area contributed by atoms with Gasteiger partial charge in [-0.1, -0.05) is 5.21 Å². The van der Waals surface area contributed by atoms with Crippen LogP contribution in [-0.2, 0) is 4.74 Å². The molecule has 1 aromatic heterocycles. The normalized spacial score (nSPS) is 14.1. The predicted molar refractivity (Wildman–Crippen MR) is 131 cm³/mol. The fourth-order valence-corrected chi connectivity index (χ4v) is 4.01. The Morgan fingerprint density at radius 1 is 1.11 bits per heavy atom. The number of anilines is 3. The molecular weight excluding hydrogens is 453 g/mol. The van der Waals surface area contributed by atoms with Crippen LogP contribution in [0.15, 0.2) is 30.5 Å². The van der Waals surface area contributed by atoms with Crippen LogP contribution in [0, 0.1) is 19.7 Å². The molecule has 0 aliphatic carbocycles. The number of halogens is 1. The summed E-state index contributed by atoms with van der Waals surface area (Å²) in [5, 5.41) is 10.8. The van der Waals surface area contributed by atoms with E-state index in [1.807, 2.05) is 12.1 Å². The van der Waals surface area contributed by atoms with Crippen LogP contribution < -0.4 is 16.0 Å². The summed E-state index contributed by atoms with van der Waals surface area (Å²) in [7, 11) is 3.34. The molecule has 11 heteroatoms. The lowest BCUT2D eigenvalue weighted by Gasteiger charge is -2.35. The number of rotatable bonds is 5. The first-order valence-corrected chi connectivity index (χ1v) is 11.1. The van der Waals surface area contributed by atoms with Gasteiger partial charge >= 0.3 is 5.97 Å². The van der Waals surface area contributed by atoms with Gasteiger partial charge < -0.3 is 25.6 Å². The lowest BCUT2D eigenvalue weighted by molar-refractivity contribution is 0.0593. The Morgan fingerprint density at radius 3 is 2.51 bits per heavy atom. The number of piperazine rings is 1. The molecule has 1 aliphatic heterocycles. The van der Waals surface area contributed by atoms with E-state index in [1.54, 1.807) is 19.9 Å². The summed E-state index contributed by atoms with van der Waals surface area (Å²) < 4.78 is 20.3. The number of nitrogens with zero attached hydrogens (tertiary/aromatic N) is 5. The zero-order chi connectivity index (χ0) is 25.3. The highest BCUT2D eigenvalue weighted by Crippen LogP contribution is 2.31. The van der Waals surface area contributed by atoms with E-state index in [-0.39, 0.29) is 11.4 Å². The molecule has 4 rings (SSSR count). The fourth-order valence-electron chi connectivity index (χ4n) is 4.01. The number of amides is 1. The van der Waals surface area contributed by atoms with Gasteiger partial charge in [0.05, 0.1) is 36.1 Å². The molecule has 1 saturated heterocycles. The van der Waals surface area contributed by atoms with Crippen molar-refractivity contribution in [2.45, 2.75) is 13.8 Å². The van der Waals surface area contributed by atoms with Gasteiger partial charge in [0.1, 0.15) is 5.82 Å². The summed E-state index contributed by atoms with van der Waals surface area (Å²) in [5.41, 5.74) is 8.91. The summed E-state index contributed by atoms with van der Waals surface area (Å²) in [5.74, 6) is -1.52. The molecule has 3 N–H and O–H groups in total. The number of ether oxygens (including phenoxy) is 1. The van der Waals surface area contributed by atoms with E-state index in [1.165, 1.54) is 24.1 Å². The van der Waals surface area contributed by atoms with Gasteiger partial charge in [0, 0.05) is 31.7 Å². The van der Waals surface area contributed by atoms with E-state index < -0.39 is 17.7 Å². The van der Waals surface area contributed by atoms with Gasteiger partial charge in [-0.15, -0.1) is 5.10 Å². The topological polar surface area (TPSA) is 119 Å². The Hall–Kier alpha value is -3.99. The van der Waals surface area contributed by atoms with Crippen LogP contribution in [0.5, 0.6) is 0 Å². The van der Waals surface area contributed by atoms with E-state index in [0.29, 0.717) is 28.1 Å². The molecule has 0 saturated carbocycles. The van der Waals surface area contributed by atoms with Crippen LogP contribution in [0.4, 0.5) is 21.5 Å². The van der Waals surface area contributed by atoms with Crippen LogP contribution in [0.3, 0.4) is 0 Å². The number of likely N-dealkylation sites (N-methyl/N-ethyl adjacent to an activating group) is 1. The largest absolute Gasteiger partial charge is 0.464 e. The van der Waals surface area contributed by atoms with Gasteiger partial charge in [-0.25, -0.2) is 13.9 Å². The SMILES string of the molecule is COC(=O)c1cn(-c2ccc(N3CCN(C)CC3)c(NC(=O)c3cc(N)c(F)c(C)c3C)c2)nn1. The number of carbonyl (C=O) groups is 2. The molecule has 10 nitrogen and oxygen atoms in total. The quantitative estimate of drug-likeness (QED) is 0.421. The average molecular weight is 482 g/mol. The molecule has 1 fully saturated rings. The first kappa shape index (κ1) is 24.1. The van der Waals surface area contributed by atoms with Crippen LogP contribution >= 0.6 is 0 Å². The maximum atomic E-state index is 14.2. The molecule has 2 heterocycles. The first-order chi connectivity index (χ1) is 16.7. The molecule has 184 valence electrons. The summed E-state index contributed by atoms with van der Waals surface area (Å²) in [6, 6.07) is 6.85. The molecule has 0 atom stereocenters. The zero-order valence-electron chi connectivity index (χ0n) is 20.1. The lowest BCUT2D eigenvalue weighted by Crippen LogP contribution is -2.44. The van der Waals surface area contributed by atoms with E-state index >= 15 is 0 Å². The molecule has 0 spiro atoms. The number of carbonyl (C=O) groups excluding carboxylic acids is 2. The molecule has 2 aromatic carbocycles. The summed E-state index contributed by atoms with van der Waals surface area (Å²) >= 11 is 0. The van der Waals surface area contributed by atoms with Gasteiger partial charge in [-0.3, -0.25) is 4.79 Å². The number of esters is 1. The second kappa shape index (κ2) is 9.71. The molecule has 1 aliphatic rings. The van der Waals surface area contributed by atoms with Crippen LogP contribution in [-0.4, -0.2) is 72.1 Å². The van der Waals surface area contributed by atoms with Crippen molar-refractivity contribution < 1.29 is 18.7 Å². The minimum absolute atomic E-state index is 0.0640. The monoisotopic (exact) mass is 481 g/mol. The molecule has 1 amide bonds. The lowest BCUT2D eigenvalue weighted by atomic mass is 10.0. The Bertz CT molecular complexity index is 1280. The van der Waals surface area contributed by atoms with Crippen molar-refractivity contribution in [3.05, 3.63) is 58.7 Å². The van der Waals surface area contributed by atoms with Crippen molar-refractivity contribution in [1.29, 1.82) is 0 Å². The van der Waals surface area contributed by atoms with E-state index in [9.17, 15) is 14.0 Å². The maximum Gasteiger partial charge on any atom is 0.360 e. The molecule has 0 bridgehead atoms. The third-order valence-corrected chi connectivity index (χ3v) is 6.32. The third-order valence-electron chi connectivity index (χ3n) is 6.32. The van der Waals surface area contributed by atoms with Crippen LogP contribution in [0.1, 0.15) is 32.0 Å². The molecule has 0 unspecified atom stereocenters. The van der Waals surface area contributed by atoms with Crippen molar-refractivity contribution in [3.63, 3.8) is 0 Å². The smallest absolute Gasteiger partial charge is 0.360 e. The second-order valence-electron chi connectivity index (χ2n) is 8.56. The fraction of sp³-hybridized carbons (Fsp3) is 0.333. The summed E-state index contributed by atoms with van der Waals surface area (Å²) in [4.78, 5) is 29.5. The van der Waals surface area contributed by atoms with Crippen molar-refractivity contribution in [2.24, 2.45) is 0 Å². The predicted octanol–water partition coefficient (Wildman–Crippen LogP) is 2.40. The molecule has 35 heavy (non-hydrogen) atoms. The number of nitrogen functional groups attached to an aromatic ring is 1. The van der Waals surface area contributed by atoms with Gasteiger partial charge in [-0.2, -0.15) is 0 Å². The van der Waals surface area contributed by atoms with E-state index in [0.717, 1.165) is 31.9 Å². The molecule has 0 radical (unpaired) electrons. The minimum Gasteiger partial charge on any atom is -0.464 e. The first-order valence-electron chi connectivity index (χ1n) is 11.1. The minimum atomic E-state index is -0.599. The van der Waals surface area contributed by atoms with Gasteiger partial charge in [0.25, 0.3) is 5.91 Å². The van der Waals surface area contributed by atoms with Crippen LogP contribution in [0.2, 0.25) is 0 Å². The van der Waals surface area contributed by atoms with Crippen molar-refractivity contribution >= 4 is 28.9 Å². The number of hydrogen-bond donors (Lipinski definition) is 2. The number of hydrogen-bond acceptors (Lipinski definition) is 8. The highest BCUT2D eigenvalue weighted by atomic mass is 19.1. The standard InChI is InChI=1S/C24H28FN7O3/c1-14-15(2)22(25)18(26)12-17(14)23(33)27-19-11-16(32-13-20(28-29-32)24(34)35-4)5-6-21(19)31-9-7-30(3)8-10-31/h5-6,11-13H,7-10,26H2,1-4H3,(H,27,33). The maximum absolute atomic E-state index is 14.2. The highest BCUT2D eigenvalue weighted by Gasteiger charge is 2.22. The number of benzene rings is 2. The van der Waals surface area contributed by atoms with Gasteiger partial charge in [-0.05, 0) is 56.3 Å². The zero-order valence-corrected chi connectivity index (χ0v) is 20.1. The molecular formula is C24H28FN7O3. The second-order valence-corrected chi connectivity index (χ2v) is 8.56. The average Bonchev–Trinajstić information content (AvgIpc) is 3.35. The third kappa shape index (κ3) is 4.80.